The largest absolute Gasteiger partial charge is 0.398 e. The number of hydrogen-bond acceptors (Lipinski definition) is 3. The highest BCUT2D eigenvalue weighted by Gasteiger charge is 2.05. The van der Waals surface area contributed by atoms with Gasteiger partial charge < -0.3 is 10.1 Å². The van der Waals surface area contributed by atoms with Crippen molar-refractivity contribution in [1.82, 2.24) is 14.4 Å². The molecule has 0 aliphatic heterocycles. The highest BCUT2D eigenvalue weighted by molar-refractivity contribution is 5.69. The molecule has 0 bridgehead atoms. The Labute approximate surface area is 127 Å². The normalized spacial score (nSPS) is 10.9. The summed E-state index contributed by atoms with van der Waals surface area (Å²) in [5.41, 5.74) is 11.6. The summed E-state index contributed by atoms with van der Waals surface area (Å²) >= 11 is 0. The van der Waals surface area contributed by atoms with Gasteiger partial charge in [0.1, 0.15) is 5.65 Å². The first-order valence-corrected chi connectivity index (χ1v) is 6.97. The lowest BCUT2D eigenvalue weighted by atomic mass is 10.0. The van der Waals surface area contributed by atoms with Gasteiger partial charge in [0.25, 0.3) is 0 Å². The first-order valence-electron chi connectivity index (χ1n) is 6.97. The number of nitrogens with two attached hydrogens (primary N) is 1. The molecule has 4 heteroatoms. The van der Waals surface area contributed by atoms with Crippen LogP contribution in [0.5, 0.6) is 0 Å². The third-order valence-electron chi connectivity index (χ3n) is 3.60. The van der Waals surface area contributed by atoms with Crippen LogP contribution in [0.15, 0.2) is 67.1 Å². The van der Waals surface area contributed by atoms with Gasteiger partial charge >= 0.3 is 0 Å². The van der Waals surface area contributed by atoms with E-state index in [2.05, 4.69) is 40.4 Å². The number of imidazole rings is 1. The van der Waals surface area contributed by atoms with E-state index in [-0.39, 0.29) is 0 Å². The van der Waals surface area contributed by atoms with Gasteiger partial charge in [0, 0.05) is 35.4 Å². The van der Waals surface area contributed by atoms with Crippen LogP contribution in [0.2, 0.25) is 0 Å². The summed E-state index contributed by atoms with van der Waals surface area (Å²) in [6.45, 7) is 0. The van der Waals surface area contributed by atoms with Crippen molar-refractivity contribution in [1.29, 1.82) is 0 Å². The number of nitrogens with zero attached hydrogens (tertiary/aromatic N) is 3. The number of anilines is 1. The summed E-state index contributed by atoms with van der Waals surface area (Å²) in [5.74, 6) is 0. The van der Waals surface area contributed by atoms with Gasteiger partial charge in [-0.05, 0) is 23.8 Å². The van der Waals surface area contributed by atoms with Crippen molar-refractivity contribution in [3.05, 3.63) is 73.3 Å². The Morgan fingerprint density at radius 2 is 1.68 bits per heavy atom. The molecule has 0 atom stereocenters. The molecule has 0 fully saturated rings. The lowest BCUT2D eigenvalue weighted by Gasteiger charge is -2.02. The molecule has 3 heterocycles. The third kappa shape index (κ3) is 2.20. The topological polar surface area (TPSA) is 56.2 Å². The monoisotopic (exact) mass is 285 g/mol. The van der Waals surface area contributed by atoms with Gasteiger partial charge in [0.15, 0.2) is 0 Å². The van der Waals surface area contributed by atoms with E-state index in [1.54, 1.807) is 0 Å². The number of rotatable bonds is 2. The maximum Gasteiger partial charge on any atom is 0.137 e. The van der Waals surface area contributed by atoms with Crippen LogP contribution in [-0.4, -0.2) is 14.4 Å². The van der Waals surface area contributed by atoms with Gasteiger partial charge in [0.2, 0.25) is 0 Å². The zero-order valence-corrected chi connectivity index (χ0v) is 11.8. The molecule has 0 saturated carbocycles. The Balaban J connectivity index is 1.73. The fourth-order valence-corrected chi connectivity index (χ4v) is 2.47. The van der Waals surface area contributed by atoms with Crippen LogP contribution in [0, 0.1) is 6.20 Å². The molecule has 105 valence electrons. The first kappa shape index (κ1) is 12.6. The van der Waals surface area contributed by atoms with Gasteiger partial charge in [-0.2, -0.15) is 0 Å². The maximum absolute atomic E-state index is 5.80. The van der Waals surface area contributed by atoms with Gasteiger partial charge in [-0.25, -0.2) is 4.98 Å². The van der Waals surface area contributed by atoms with Gasteiger partial charge in [0.05, 0.1) is 11.9 Å². The number of nitrogen functional groups attached to an aromatic ring is 1. The van der Waals surface area contributed by atoms with Crippen LogP contribution in [0.1, 0.15) is 0 Å². The summed E-state index contributed by atoms with van der Waals surface area (Å²) in [6.07, 6.45) is 8.45. The SMILES string of the molecule is Nc1ccc2nc(-c3ccc(-c4cc[c]nc4)cc3)cn2c1. The summed E-state index contributed by atoms with van der Waals surface area (Å²) in [4.78, 5) is 8.64. The maximum atomic E-state index is 5.80. The number of aromatic nitrogens is 3. The molecule has 22 heavy (non-hydrogen) atoms. The van der Waals surface area contributed by atoms with Crippen molar-refractivity contribution >= 4 is 11.3 Å². The van der Waals surface area contributed by atoms with E-state index >= 15 is 0 Å². The van der Waals surface area contributed by atoms with Crippen LogP contribution >= 0.6 is 0 Å². The molecule has 0 unspecified atom stereocenters. The predicted molar refractivity (Wildman–Crippen MR) is 87.1 cm³/mol. The number of pyridine rings is 2. The zero-order valence-electron chi connectivity index (χ0n) is 11.8. The number of benzene rings is 1. The second-order valence-corrected chi connectivity index (χ2v) is 5.11. The van der Waals surface area contributed by atoms with Gasteiger partial charge in [-0.1, -0.05) is 30.3 Å². The molecule has 4 rings (SSSR count). The summed E-state index contributed by atoms with van der Waals surface area (Å²) in [5, 5.41) is 0. The molecule has 0 aliphatic rings. The Morgan fingerprint density at radius 1 is 0.864 bits per heavy atom. The Hall–Kier alpha value is -3.14. The van der Waals surface area contributed by atoms with Gasteiger partial charge in [-0.15, -0.1) is 0 Å². The van der Waals surface area contributed by atoms with Gasteiger partial charge in [-0.3, -0.25) is 4.98 Å². The fraction of sp³-hybridized carbons (Fsp3) is 0. The summed E-state index contributed by atoms with van der Waals surface area (Å²) in [7, 11) is 0. The van der Waals surface area contributed by atoms with Crippen LogP contribution in [0.3, 0.4) is 0 Å². The van der Waals surface area contributed by atoms with E-state index in [1.165, 1.54) is 0 Å². The minimum atomic E-state index is 0.722. The van der Waals surface area contributed by atoms with E-state index in [0.717, 1.165) is 33.7 Å². The Bertz CT molecular complexity index is 924. The van der Waals surface area contributed by atoms with Crippen LogP contribution in [0.25, 0.3) is 28.0 Å². The first-order chi connectivity index (χ1) is 10.8. The highest BCUT2D eigenvalue weighted by atomic mass is 15.0. The Kier molecular flexibility index (Phi) is 2.86. The van der Waals surface area contributed by atoms with E-state index in [1.807, 2.05) is 47.3 Å². The third-order valence-corrected chi connectivity index (χ3v) is 3.60. The van der Waals surface area contributed by atoms with Crippen molar-refractivity contribution < 1.29 is 0 Å². The lowest BCUT2D eigenvalue weighted by molar-refractivity contribution is 1.19. The number of fused-ring (bicyclic) bond motifs is 1. The van der Waals surface area contributed by atoms with E-state index in [9.17, 15) is 0 Å². The van der Waals surface area contributed by atoms with Crippen molar-refractivity contribution in [2.24, 2.45) is 0 Å². The molecular weight excluding hydrogens is 272 g/mol. The molecule has 0 amide bonds. The number of hydrogen-bond donors (Lipinski definition) is 1. The second kappa shape index (κ2) is 5.00. The highest BCUT2D eigenvalue weighted by Crippen LogP contribution is 2.24. The van der Waals surface area contributed by atoms with Crippen LogP contribution in [0.4, 0.5) is 5.69 Å². The van der Waals surface area contributed by atoms with Crippen LogP contribution < -0.4 is 5.73 Å². The second-order valence-electron chi connectivity index (χ2n) is 5.11. The minimum Gasteiger partial charge on any atom is -0.398 e. The quantitative estimate of drug-likeness (QED) is 0.613. The fourth-order valence-electron chi connectivity index (χ4n) is 2.47. The lowest BCUT2D eigenvalue weighted by Crippen LogP contribution is -1.88. The molecule has 0 spiro atoms. The van der Waals surface area contributed by atoms with E-state index < -0.39 is 0 Å². The summed E-state index contributed by atoms with van der Waals surface area (Å²) in [6, 6.07) is 15.9. The molecule has 1 aromatic carbocycles. The molecular formula is C18H13N4. The van der Waals surface area contributed by atoms with Crippen LogP contribution in [-0.2, 0) is 0 Å². The predicted octanol–water partition coefficient (Wildman–Crippen LogP) is 3.45. The average molecular weight is 285 g/mol. The molecule has 0 aliphatic carbocycles. The molecule has 4 aromatic rings. The van der Waals surface area contributed by atoms with Crippen molar-refractivity contribution in [2.45, 2.75) is 0 Å². The van der Waals surface area contributed by atoms with Crippen molar-refractivity contribution in [2.75, 3.05) is 5.73 Å². The smallest absolute Gasteiger partial charge is 0.137 e. The summed E-state index contributed by atoms with van der Waals surface area (Å²) < 4.78 is 1.94. The van der Waals surface area contributed by atoms with E-state index in [4.69, 9.17) is 5.73 Å². The minimum absolute atomic E-state index is 0.722. The molecule has 4 nitrogen and oxygen atoms in total. The Morgan fingerprint density at radius 3 is 2.45 bits per heavy atom. The van der Waals surface area contributed by atoms with Crippen molar-refractivity contribution in [3.8, 4) is 22.4 Å². The molecule has 0 saturated heterocycles. The molecule has 3 aromatic heterocycles. The average Bonchev–Trinajstić information content (AvgIpc) is 2.99. The molecule has 1 radical (unpaired) electrons. The van der Waals surface area contributed by atoms with Crippen molar-refractivity contribution in [3.63, 3.8) is 0 Å². The zero-order chi connectivity index (χ0) is 14.9. The molecule has 2 N–H and O–H groups in total. The standard InChI is InChI=1S/C18H13N4/c19-16-7-8-18-21-17(12-22(18)11-16)14-5-3-13(4-6-14)15-2-1-9-20-10-15/h1-8,10-12H,19H2. The van der Waals surface area contributed by atoms with E-state index in [0.29, 0.717) is 0 Å².